The van der Waals surface area contributed by atoms with E-state index in [9.17, 15) is 9.59 Å². The molecule has 4 nitrogen and oxygen atoms in total. The van der Waals surface area contributed by atoms with Crippen LogP contribution >= 0.6 is 0 Å². The topological polar surface area (TPSA) is 58.2 Å². The first kappa shape index (κ1) is 44.7. The van der Waals surface area contributed by atoms with E-state index in [-0.39, 0.29) is 17.9 Å². The zero-order chi connectivity index (χ0) is 33.6. The zero-order valence-corrected chi connectivity index (χ0v) is 31.6. The van der Waals surface area contributed by atoms with Crippen molar-refractivity contribution in [2.45, 2.75) is 239 Å². The minimum atomic E-state index is 0.196. The fourth-order valence-electron chi connectivity index (χ4n) is 6.32. The van der Waals surface area contributed by atoms with E-state index in [0.29, 0.717) is 12.8 Å². The maximum atomic E-state index is 12.3. The lowest BCUT2D eigenvalue weighted by atomic mass is 10.0. The Kier molecular flexibility index (Phi) is 37.0. The Labute approximate surface area is 288 Å². The van der Waals surface area contributed by atoms with Crippen molar-refractivity contribution < 1.29 is 9.59 Å². The standard InChI is InChI=1S/C42H82N2O2/c1-4-6-8-10-12-14-16-18-20-22-24-26-28-30-32-37-41(45)43-39-35-34-36-40(3)44-42(46)38-33-31-29-27-25-23-21-19-17-15-13-11-9-7-5-2/h19,21,40H,4-18,20,22-39H2,1-3H3,(H,43,45)(H,44,46)/b21-19-/t40-/m1/s1. The monoisotopic (exact) mass is 647 g/mol. The molecule has 0 aliphatic rings. The molecular formula is C42H82N2O2. The smallest absolute Gasteiger partial charge is 0.220 e. The Morgan fingerprint density at radius 1 is 0.457 bits per heavy atom. The molecule has 1 atom stereocenters. The molecule has 0 saturated carbocycles. The summed E-state index contributed by atoms with van der Waals surface area (Å²) in [6, 6.07) is 0.214. The van der Waals surface area contributed by atoms with Crippen molar-refractivity contribution in [3.63, 3.8) is 0 Å². The first-order chi connectivity index (χ1) is 22.6. The molecule has 0 aliphatic carbocycles. The predicted octanol–water partition coefficient (Wildman–Crippen LogP) is 13.1. The molecule has 0 saturated heterocycles. The maximum Gasteiger partial charge on any atom is 0.220 e. The third kappa shape index (κ3) is 37.1. The van der Waals surface area contributed by atoms with E-state index in [1.807, 2.05) is 0 Å². The van der Waals surface area contributed by atoms with Crippen LogP contribution in [0.3, 0.4) is 0 Å². The summed E-state index contributed by atoms with van der Waals surface area (Å²) in [5.74, 6) is 0.401. The molecule has 0 fully saturated rings. The Hall–Kier alpha value is -1.32. The molecular weight excluding hydrogens is 564 g/mol. The first-order valence-electron chi connectivity index (χ1n) is 20.8. The lowest BCUT2D eigenvalue weighted by molar-refractivity contribution is -0.122. The fraction of sp³-hybridized carbons (Fsp3) is 0.905. The van der Waals surface area contributed by atoms with E-state index in [2.05, 4.69) is 43.6 Å². The van der Waals surface area contributed by atoms with E-state index in [0.717, 1.165) is 45.1 Å². The van der Waals surface area contributed by atoms with E-state index in [1.165, 1.54) is 161 Å². The molecule has 0 spiro atoms. The molecule has 2 N–H and O–H groups in total. The minimum absolute atomic E-state index is 0.196. The highest BCUT2D eigenvalue weighted by Gasteiger charge is 2.07. The Morgan fingerprint density at radius 2 is 0.826 bits per heavy atom. The van der Waals surface area contributed by atoms with Gasteiger partial charge in [-0.05, 0) is 64.7 Å². The molecule has 2 amide bonds. The number of hydrogen-bond donors (Lipinski definition) is 2. The zero-order valence-electron chi connectivity index (χ0n) is 31.6. The van der Waals surface area contributed by atoms with Gasteiger partial charge in [-0.2, -0.15) is 0 Å². The number of hydrogen-bond acceptors (Lipinski definition) is 2. The van der Waals surface area contributed by atoms with Crippen molar-refractivity contribution >= 4 is 11.8 Å². The molecule has 0 radical (unpaired) electrons. The summed E-state index contributed by atoms with van der Waals surface area (Å²) in [6.07, 6.45) is 46.0. The number of unbranched alkanes of at least 4 members (excludes halogenated alkanes) is 26. The van der Waals surface area contributed by atoms with Crippen molar-refractivity contribution in [1.29, 1.82) is 0 Å². The van der Waals surface area contributed by atoms with Gasteiger partial charge in [-0.15, -0.1) is 0 Å². The van der Waals surface area contributed by atoms with Gasteiger partial charge in [-0.1, -0.05) is 167 Å². The number of allylic oxidation sites excluding steroid dienone is 2. The van der Waals surface area contributed by atoms with E-state index < -0.39 is 0 Å². The van der Waals surface area contributed by atoms with Gasteiger partial charge < -0.3 is 10.6 Å². The van der Waals surface area contributed by atoms with Gasteiger partial charge >= 0.3 is 0 Å². The van der Waals surface area contributed by atoms with Gasteiger partial charge in [0.25, 0.3) is 0 Å². The Morgan fingerprint density at radius 3 is 1.26 bits per heavy atom. The fourth-order valence-corrected chi connectivity index (χ4v) is 6.32. The molecule has 46 heavy (non-hydrogen) atoms. The van der Waals surface area contributed by atoms with Crippen LogP contribution in [0.1, 0.15) is 233 Å². The van der Waals surface area contributed by atoms with Crippen LogP contribution in [0, 0.1) is 0 Å². The summed E-state index contributed by atoms with van der Waals surface area (Å²) < 4.78 is 0. The quantitative estimate of drug-likeness (QED) is 0.0521. The maximum absolute atomic E-state index is 12.3. The number of amides is 2. The summed E-state index contributed by atoms with van der Waals surface area (Å²) in [4.78, 5) is 24.4. The number of carbonyl (C=O) groups excluding carboxylic acids is 2. The van der Waals surface area contributed by atoms with Gasteiger partial charge in [0.05, 0.1) is 0 Å². The molecule has 0 unspecified atom stereocenters. The molecule has 0 aromatic rings. The van der Waals surface area contributed by atoms with Crippen LogP contribution in [0.25, 0.3) is 0 Å². The highest BCUT2D eigenvalue weighted by Crippen LogP contribution is 2.14. The molecule has 4 heteroatoms. The highest BCUT2D eigenvalue weighted by atomic mass is 16.2. The molecule has 0 aromatic heterocycles. The average Bonchev–Trinajstić information content (AvgIpc) is 3.04. The van der Waals surface area contributed by atoms with Crippen LogP contribution in [0.2, 0.25) is 0 Å². The normalized spacial score (nSPS) is 12.2. The summed E-state index contributed by atoms with van der Waals surface area (Å²) in [5.41, 5.74) is 0. The van der Waals surface area contributed by atoms with E-state index in [1.54, 1.807) is 0 Å². The molecule has 0 heterocycles. The third-order valence-corrected chi connectivity index (χ3v) is 9.47. The Bertz CT molecular complexity index is 662. The largest absolute Gasteiger partial charge is 0.356 e. The summed E-state index contributed by atoms with van der Waals surface area (Å²) in [5, 5.41) is 6.25. The minimum Gasteiger partial charge on any atom is -0.356 e. The van der Waals surface area contributed by atoms with E-state index in [4.69, 9.17) is 0 Å². The SMILES string of the molecule is CCCCCCCC/C=C\CCCCCCCC(=O)N[C@H](C)CCCCNC(=O)CCCCCCCCCCCCCCCCC. The Balaban J connectivity index is 3.39. The molecule has 0 aromatic carbocycles. The molecule has 0 rings (SSSR count). The summed E-state index contributed by atoms with van der Waals surface area (Å²) in [6.45, 7) is 7.42. The summed E-state index contributed by atoms with van der Waals surface area (Å²) in [7, 11) is 0. The van der Waals surface area contributed by atoms with Gasteiger partial charge in [-0.25, -0.2) is 0 Å². The van der Waals surface area contributed by atoms with Gasteiger partial charge in [0.2, 0.25) is 11.8 Å². The van der Waals surface area contributed by atoms with Crippen molar-refractivity contribution in [3.8, 4) is 0 Å². The second-order valence-electron chi connectivity index (χ2n) is 14.3. The lowest BCUT2D eigenvalue weighted by Gasteiger charge is -2.14. The van der Waals surface area contributed by atoms with Crippen molar-refractivity contribution in [2.24, 2.45) is 0 Å². The van der Waals surface area contributed by atoms with Crippen LogP contribution in [-0.2, 0) is 9.59 Å². The van der Waals surface area contributed by atoms with E-state index >= 15 is 0 Å². The lowest BCUT2D eigenvalue weighted by Crippen LogP contribution is -2.32. The third-order valence-electron chi connectivity index (χ3n) is 9.47. The molecule has 0 aliphatic heterocycles. The van der Waals surface area contributed by atoms with Gasteiger partial charge in [0.15, 0.2) is 0 Å². The van der Waals surface area contributed by atoms with Crippen LogP contribution in [0.4, 0.5) is 0 Å². The number of carbonyl (C=O) groups is 2. The molecule has 0 bridgehead atoms. The van der Waals surface area contributed by atoms with Gasteiger partial charge in [0, 0.05) is 25.4 Å². The van der Waals surface area contributed by atoms with Crippen molar-refractivity contribution in [2.75, 3.05) is 6.54 Å². The highest BCUT2D eigenvalue weighted by molar-refractivity contribution is 5.76. The van der Waals surface area contributed by atoms with Crippen LogP contribution in [0.5, 0.6) is 0 Å². The van der Waals surface area contributed by atoms with Crippen molar-refractivity contribution in [3.05, 3.63) is 12.2 Å². The summed E-state index contributed by atoms with van der Waals surface area (Å²) >= 11 is 0. The molecule has 272 valence electrons. The first-order valence-corrected chi connectivity index (χ1v) is 20.8. The van der Waals surface area contributed by atoms with Crippen LogP contribution in [-0.4, -0.2) is 24.4 Å². The van der Waals surface area contributed by atoms with Crippen LogP contribution < -0.4 is 10.6 Å². The van der Waals surface area contributed by atoms with Gasteiger partial charge in [-0.3, -0.25) is 9.59 Å². The van der Waals surface area contributed by atoms with Gasteiger partial charge in [0.1, 0.15) is 0 Å². The number of nitrogens with one attached hydrogen (secondary N) is 2. The van der Waals surface area contributed by atoms with Crippen molar-refractivity contribution in [1.82, 2.24) is 10.6 Å². The predicted molar refractivity (Wildman–Crippen MR) is 203 cm³/mol. The number of rotatable bonds is 37. The average molecular weight is 647 g/mol. The second kappa shape index (κ2) is 38.1. The van der Waals surface area contributed by atoms with Crippen LogP contribution in [0.15, 0.2) is 12.2 Å². The second-order valence-corrected chi connectivity index (χ2v) is 14.3.